The van der Waals surface area contributed by atoms with E-state index in [2.05, 4.69) is 15.4 Å². The van der Waals surface area contributed by atoms with Gasteiger partial charge in [-0.05, 0) is 37.1 Å². The third-order valence-electron chi connectivity index (χ3n) is 5.51. The first-order valence-corrected chi connectivity index (χ1v) is 10.4. The number of nitrogens with one attached hydrogen (secondary N) is 1. The van der Waals surface area contributed by atoms with Gasteiger partial charge in [0.25, 0.3) is 0 Å². The van der Waals surface area contributed by atoms with Gasteiger partial charge >= 0.3 is 0 Å². The van der Waals surface area contributed by atoms with Gasteiger partial charge in [0.1, 0.15) is 17.1 Å². The summed E-state index contributed by atoms with van der Waals surface area (Å²) in [6.45, 7) is 0. The zero-order chi connectivity index (χ0) is 20.7. The topological polar surface area (TPSA) is 94.5 Å². The number of halogens is 1. The van der Waals surface area contributed by atoms with E-state index in [0.717, 1.165) is 29.3 Å². The molecule has 3 heterocycles. The fraction of sp³-hybridized carbons (Fsp3) is 0.273. The van der Waals surface area contributed by atoms with E-state index in [4.69, 9.17) is 27.3 Å². The molecule has 0 atom stereocenters. The molecule has 1 saturated carbocycles. The summed E-state index contributed by atoms with van der Waals surface area (Å²) in [5, 5.41) is 9.51. The fourth-order valence-corrected chi connectivity index (χ4v) is 4.30. The van der Waals surface area contributed by atoms with Crippen LogP contribution in [-0.2, 0) is 7.05 Å². The molecule has 1 fully saturated rings. The highest BCUT2D eigenvalue weighted by atomic mass is 35.5. The van der Waals surface area contributed by atoms with Gasteiger partial charge in [-0.3, -0.25) is 9.67 Å². The lowest BCUT2D eigenvalue weighted by Crippen LogP contribution is -2.18. The Labute approximate surface area is 179 Å². The van der Waals surface area contributed by atoms with Gasteiger partial charge in [-0.15, -0.1) is 0 Å². The monoisotopic (exact) mass is 419 g/mol. The first-order valence-electron chi connectivity index (χ1n) is 10.1. The van der Waals surface area contributed by atoms with Crippen molar-refractivity contribution in [1.29, 1.82) is 0 Å². The Hall–Kier alpha value is -3.19. The lowest BCUT2D eigenvalue weighted by molar-refractivity contribution is 0.750. The smallest absolute Gasteiger partial charge is 0.169 e. The molecule has 1 aromatic carbocycles. The van der Waals surface area contributed by atoms with Crippen LogP contribution < -0.4 is 11.1 Å². The maximum absolute atomic E-state index is 6.55. The second kappa shape index (κ2) is 7.57. The van der Waals surface area contributed by atoms with Gasteiger partial charge in [0, 0.05) is 36.4 Å². The van der Waals surface area contributed by atoms with Gasteiger partial charge in [0.05, 0.1) is 10.5 Å². The Morgan fingerprint density at radius 3 is 2.73 bits per heavy atom. The van der Waals surface area contributed by atoms with E-state index in [1.54, 1.807) is 10.9 Å². The maximum Gasteiger partial charge on any atom is 0.169 e. The molecular formula is C22H22ClN7. The summed E-state index contributed by atoms with van der Waals surface area (Å²) in [7, 11) is 1.87. The summed E-state index contributed by atoms with van der Waals surface area (Å²) in [6.07, 6.45) is 8.28. The number of nitrogens with zero attached hydrogens (tertiary/aromatic N) is 5. The molecule has 0 unspecified atom stereocenters. The molecule has 30 heavy (non-hydrogen) atoms. The van der Waals surface area contributed by atoms with Crippen LogP contribution in [0.25, 0.3) is 33.5 Å². The van der Waals surface area contributed by atoms with E-state index in [0.29, 0.717) is 39.8 Å². The Kier molecular flexibility index (Phi) is 4.75. The maximum atomic E-state index is 6.55. The van der Waals surface area contributed by atoms with Gasteiger partial charge in [0.2, 0.25) is 0 Å². The zero-order valence-electron chi connectivity index (χ0n) is 16.6. The van der Waals surface area contributed by atoms with Gasteiger partial charge in [-0.2, -0.15) is 5.10 Å². The number of pyridine rings is 1. The molecule has 0 radical (unpaired) electrons. The van der Waals surface area contributed by atoms with Crippen LogP contribution in [0.4, 0.5) is 11.6 Å². The van der Waals surface area contributed by atoms with Crippen molar-refractivity contribution in [3.8, 4) is 22.6 Å². The molecule has 7 nitrogen and oxygen atoms in total. The first kappa shape index (κ1) is 18.8. The van der Waals surface area contributed by atoms with Crippen LogP contribution >= 0.6 is 11.6 Å². The molecule has 0 aliphatic heterocycles. The van der Waals surface area contributed by atoms with E-state index < -0.39 is 0 Å². The molecule has 152 valence electrons. The average molecular weight is 420 g/mol. The number of aromatic nitrogens is 5. The van der Waals surface area contributed by atoms with Crippen molar-refractivity contribution in [3.05, 3.63) is 47.7 Å². The number of aryl methyl sites for hydroxylation is 1. The standard InChI is InChI=1S/C22H22ClN7/c1-30-10-8-17(29-30)20-19(14-11-13-5-4-9-25-18(13)16(23)12-14)28-22(21(24)27-20)26-15-6-2-3-7-15/h4-5,8-12,15H,2-3,6-7H2,1H3,(H2,24,27)(H,26,28). The summed E-state index contributed by atoms with van der Waals surface area (Å²) in [6, 6.07) is 10.1. The molecular weight excluding hydrogens is 398 g/mol. The predicted molar refractivity (Wildman–Crippen MR) is 120 cm³/mol. The molecule has 0 spiro atoms. The number of hydrogen-bond donors (Lipinski definition) is 2. The minimum Gasteiger partial charge on any atom is -0.381 e. The number of rotatable bonds is 4. The molecule has 5 rings (SSSR count). The van der Waals surface area contributed by atoms with Crippen LogP contribution in [0.1, 0.15) is 25.7 Å². The second-order valence-electron chi connectivity index (χ2n) is 7.69. The summed E-state index contributed by atoms with van der Waals surface area (Å²) >= 11 is 6.55. The average Bonchev–Trinajstić information content (AvgIpc) is 3.41. The highest BCUT2D eigenvalue weighted by molar-refractivity contribution is 6.35. The Balaban J connectivity index is 1.69. The third kappa shape index (κ3) is 3.45. The van der Waals surface area contributed by atoms with Gasteiger partial charge in [0.15, 0.2) is 11.6 Å². The minimum atomic E-state index is 0.375. The minimum absolute atomic E-state index is 0.375. The quantitative estimate of drug-likeness (QED) is 0.498. The Bertz CT molecular complexity index is 1230. The van der Waals surface area contributed by atoms with Crippen LogP contribution in [0.15, 0.2) is 42.7 Å². The molecule has 1 aliphatic carbocycles. The normalized spacial score (nSPS) is 14.5. The zero-order valence-corrected chi connectivity index (χ0v) is 17.4. The van der Waals surface area contributed by atoms with Crippen LogP contribution in [-0.4, -0.2) is 30.8 Å². The Morgan fingerprint density at radius 1 is 1.13 bits per heavy atom. The molecule has 3 aromatic heterocycles. The van der Waals surface area contributed by atoms with Crippen molar-refractivity contribution in [1.82, 2.24) is 24.7 Å². The lowest BCUT2D eigenvalue weighted by Gasteiger charge is -2.17. The lowest BCUT2D eigenvalue weighted by atomic mass is 10.0. The highest BCUT2D eigenvalue weighted by Crippen LogP contribution is 2.36. The van der Waals surface area contributed by atoms with Crippen molar-refractivity contribution >= 4 is 34.1 Å². The molecule has 8 heteroatoms. The molecule has 4 aromatic rings. The number of nitrogen functional groups attached to an aromatic ring is 1. The number of fused-ring (bicyclic) bond motifs is 1. The number of benzene rings is 1. The van der Waals surface area contributed by atoms with E-state index in [9.17, 15) is 0 Å². The first-order chi connectivity index (χ1) is 14.6. The Morgan fingerprint density at radius 2 is 1.97 bits per heavy atom. The summed E-state index contributed by atoms with van der Waals surface area (Å²) in [5.74, 6) is 0.985. The van der Waals surface area contributed by atoms with Crippen molar-refractivity contribution in [2.24, 2.45) is 7.05 Å². The summed E-state index contributed by atoms with van der Waals surface area (Å²) in [5.41, 5.74) is 9.94. The van der Waals surface area contributed by atoms with Crippen LogP contribution in [0, 0.1) is 0 Å². The van der Waals surface area contributed by atoms with Crippen molar-refractivity contribution in [2.45, 2.75) is 31.7 Å². The number of nitrogens with two attached hydrogens (primary N) is 1. The van der Waals surface area contributed by atoms with Gasteiger partial charge in [-0.25, -0.2) is 9.97 Å². The molecule has 1 aliphatic rings. The molecule has 0 amide bonds. The molecule has 0 bridgehead atoms. The predicted octanol–water partition coefficient (Wildman–Crippen LogP) is 4.68. The molecule has 0 saturated heterocycles. The highest BCUT2D eigenvalue weighted by Gasteiger charge is 2.21. The third-order valence-corrected chi connectivity index (χ3v) is 5.79. The summed E-state index contributed by atoms with van der Waals surface area (Å²) in [4.78, 5) is 14.0. The van der Waals surface area contributed by atoms with Crippen LogP contribution in [0.2, 0.25) is 5.02 Å². The SMILES string of the molecule is Cn1ccc(-c2nc(N)c(NC3CCCC3)nc2-c2cc(Cl)c3ncccc3c2)n1. The van der Waals surface area contributed by atoms with E-state index in [-0.39, 0.29) is 0 Å². The van der Waals surface area contributed by atoms with E-state index in [1.165, 1.54) is 12.8 Å². The number of hydrogen-bond acceptors (Lipinski definition) is 6. The summed E-state index contributed by atoms with van der Waals surface area (Å²) < 4.78 is 1.74. The fourth-order valence-electron chi connectivity index (χ4n) is 4.02. The van der Waals surface area contributed by atoms with Gasteiger partial charge in [-0.1, -0.05) is 30.5 Å². The van der Waals surface area contributed by atoms with E-state index >= 15 is 0 Å². The van der Waals surface area contributed by atoms with Crippen molar-refractivity contribution < 1.29 is 0 Å². The van der Waals surface area contributed by atoms with Gasteiger partial charge < -0.3 is 11.1 Å². The second-order valence-corrected chi connectivity index (χ2v) is 8.10. The largest absolute Gasteiger partial charge is 0.381 e. The number of anilines is 2. The van der Waals surface area contributed by atoms with E-state index in [1.807, 2.05) is 43.6 Å². The van der Waals surface area contributed by atoms with Crippen molar-refractivity contribution in [3.63, 3.8) is 0 Å². The van der Waals surface area contributed by atoms with Crippen LogP contribution in [0.5, 0.6) is 0 Å². The van der Waals surface area contributed by atoms with Crippen molar-refractivity contribution in [2.75, 3.05) is 11.1 Å². The van der Waals surface area contributed by atoms with Crippen LogP contribution in [0.3, 0.4) is 0 Å². The molecule has 3 N–H and O–H groups in total.